The summed E-state index contributed by atoms with van der Waals surface area (Å²) in [6.45, 7) is 27.2. The number of nitrogens with zero attached hydrogens (tertiary/aromatic N) is 3. The third-order valence-corrected chi connectivity index (χ3v) is 8.02. The van der Waals surface area contributed by atoms with Crippen molar-refractivity contribution in [1.29, 1.82) is 0 Å². The van der Waals surface area contributed by atoms with E-state index in [1.165, 1.54) is 4.90 Å². The Bertz CT molecular complexity index is 2100. The third kappa shape index (κ3) is 9.45. The maximum atomic E-state index is 14.2. The lowest BCUT2D eigenvalue weighted by Gasteiger charge is -2.20. The summed E-state index contributed by atoms with van der Waals surface area (Å²) in [7, 11) is 0. The Hall–Kier alpha value is -5.59. The Morgan fingerprint density at radius 1 is 0.642 bits per heavy atom. The Balaban J connectivity index is 0.000000894. The monoisotopic (exact) mass is 713 g/mol. The number of hydrogen-bond acceptors (Lipinski definition) is 3. The molecule has 280 valence electrons. The van der Waals surface area contributed by atoms with E-state index in [2.05, 4.69) is 40.4 Å². The van der Waals surface area contributed by atoms with Crippen LogP contribution in [0.5, 0.6) is 0 Å². The summed E-state index contributed by atoms with van der Waals surface area (Å²) >= 11 is 0. The zero-order chi connectivity index (χ0) is 39.0. The van der Waals surface area contributed by atoms with Gasteiger partial charge in [-0.1, -0.05) is 114 Å². The minimum absolute atomic E-state index is 0. The molecule has 2 amide bonds. The molecular weight excluding hydrogens is 655 g/mol. The van der Waals surface area contributed by atoms with Crippen molar-refractivity contribution in [2.45, 2.75) is 83.1 Å². The number of aryl methyl sites for hydroxylation is 3. The quantitative estimate of drug-likeness (QED) is 0.135. The highest BCUT2D eigenvalue weighted by molar-refractivity contribution is 6.36. The first kappa shape index (κ1) is 45.4. The van der Waals surface area contributed by atoms with Crippen LogP contribution in [0, 0.1) is 20.8 Å². The van der Waals surface area contributed by atoms with Gasteiger partial charge >= 0.3 is 0 Å². The number of anilines is 1. The van der Waals surface area contributed by atoms with E-state index in [9.17, 15) is 9.59 Å². The van der Waals surface area contributed by atoms with Gasteiger partial charge in [0.05, 0.1) is 33.5 Å². The van der Waals surface area contributed by atoms with Gasteiger partial charge < -0.3 is 10.0 Å². The molecule has 2 aromatic heterocycles. The van der Waals surface area contributed by atoms with Crippen LogP contribution in [0.3, 0.4) is 0 Å². The lowest BCUT2D eigenvalue weighted by atomic mass is 10.0. The molecule has 6 aromatic rings. The molecule has 4 aromatic carbocycles. The SMILES string of the molecule is C/C=C\C.C=CC.CC.CC.CC.Cc1cc(C)c(N2C(=O)c3cccc(-n4c5ccccc5c5c(-c6ccncc6)cccc54)c3C2=O)c(C)c1.O. The number of rotatable bonds is 3. The molecule has 2 N–H and O–H groups in total. The number of para-hydroxylation sites is 1. The third-order valence-electron chi connectivity index (χ3n) is 8.02. The molecule has 7 rings (SSSR count). The van der Waals surface area contributed by atoms with Crippen LogP contribution in [0.2, 0.25) is 0 Å². The number of allylic oxidation sites excluding steroid dienone is 3. The maximum Gasteiger partial charge on any atom is 0.268 e. The van der Waals surface area contributed by atoms with E-state index in [0.29, 0.717) is 22.5 Å². The van der Waals surface area contributed by atoms with Gasteiger partial charge in [0, 0.05) is 23.2 Å². The van der Waals surface area contributed by atoms with Gasteiger partial charge in [-0.3, -0.25) is 14.6 Å². The zero-order valence-electron chi connectivity index (χ0n) is 33.8. The average Bonchev–Trinajstić information content (AvgIpc) is 3.65. The topological polar surface area (TPSA) is 86.7 Å². The van der Waals surface area contributed by atoms with Gasteiger partial charge in [-0.05, 0) is 100 Å². The van der Waals surface area contributed by atoms with E-state index >= 15 is 0 Å². The van der Waals surface area contributed by atoms with Crippen LogP contribution in [-0.2, 0) is 0 Å². The highest BCUT2D eigenvalue weighted by Gasteiger charge is 2.40. The molecule has 0 bridgehead atoms. The van der Waals surface area contributed by atoms with E-state index in [0.717, 1.165) is 49.6 Å². The van der Waals surface area contributed by atoms with Crippen molar-refractivity contribution in [2.24, 2.45) is 0 Å². The first-order valence-corrected chi connectivity index (χ1v) is 18.5. The summed E-state index contributed by atoms with van der Waals surface area (Å²) in [5.41, 5.74) is 9.24. The molecule has 6 nitrogen and oxygen atoms in total. The lowest BCUT2D eigenvalue weighted by Crippen LogP contribution is -2.31. The zero-order valence-corrected chi connectivity index (χ0v) is 33.8. The van der Waals surface area contributed by atoms with Crippen molar-refractivity contribution in [3.63, 3.8) is 0 Å². The van der Waals surface area contributed by atoms with Crippen molar-refractivity contribution in [1.82, 2.24) is 9.55 Å². The second-order valence-electron chi connectivity index (χ2n) is 11.3. The molecule has 0 fully saturated rings. The first-order valence-electron chi connectivity index (χ1n) is 18.5. The second kappa shape index (κ2) is 22.4. The Morgan fingerprint density at radius 2 is 1.15 bits per heavy atom. The molecule has 1 aliphatic heterocycles. The highest BCUT2D eigenvalue weighted by Crippen LogP contribution is 2.41. The van der Waals surface area contributed by atoms with Crippen LogP contribution in [-0.4, -0.2) is 26.8 Å². The van der Waals surface area contributed by atoms with E-state index in [-0.39, 0.29) is 17.3 Å². The summed E-state index contributed by atoms with van der Waals surface area (Å²) in [4.78, 5) is 33.5. The van der Waals surface area contributed by atoms with E-state index in [4.69, 9.17) is 0 Å². The molecule has 0 radical (unpaired) electrons. The van der Waals surface area contributed by atoms with E-state index < -0.39 is 0 Å². The molecule has 0 unspecified atom stereocenters. The number of hydrogen-bond donors (Lipinski definition) is 0. The molecule has 1 aliphatic rings. The fourth-order valence-electron chi connectivity index (χ4n) is 6.23. The Kier molecular flexibility index (Phi) is 19.2. The van der Waals surface area contributed by atoms with Crippen molar-refractivity contribution in [3.05, 3.63) is 150 Å². The predicted octanol–water partition coefficient (Wildman–Crippen LogP) is 12.6. The fourth-order valence-corrected chi connectivity index (χ4v) is 6.23. The van der Waals surface area contributed by atoms with Crippen LogP contribution in [0.1, 0.15) is 99.7 Å². The Morgan fingerprint density at radius 3 is 1.72 bits per heavy atom. The minimum Gasteiger partial charge on any atom is -0.412 e. The van der Waals surface area contributed by atoms with Crippen molar-refractivity contribution in [2.75, 3.05) is 4.90 Å². The second-order valence-corrected chi connectivity index (χ2v) is 11.3. The van der Waals surface area contributed by atoms with Crippen LogP contribution in [0.15, 0.2) is 122 Å². The van der Waals surface area contributed by atoms with Gasteiger partial charge in [-0.2, -0.15) is 0 Å². The first-order chi connectivity index (χ1) is 25.3. The van der Waals surface area contributed by atoms with Crippen LogP contribution in [0.25, 0.3) is 38.6 Å². The number of imide groups is 1. The number of fused-ring (bicyclic) bond motifs is 4. The normalized spacial score (nSPS) is 10.9. The highest BCUT2D eigenvalue weighted by atomic mass is 16.2. The largest absolute Gasteiger partial charge is 0.412 e. The molecule has 0 spiro atoms. The maximum absolute atomic E-state index is 14.2. The summed E-state index contributed by atoms with van der Waals surface area (Å²) in [5.74, 6) is -0.581. The summed E-state index contributed by atoms with van der Waals surface area (Å²) in [6, 6.07) is 28.0. The number of benzene rings is 4. The van der Waals surface area contributed by atoms with Crippen LogP contribution >= 0.6 is 0 Å². The predicted molar refractivity (Wildman–Crippen MR) is 230 cm³/mol. The lowest BCUT2D eigenvalue weighted by molar-refractivity contribution is 0.0925. The molecule has 53 heavy (non-hydrogen) atoms. The van der Waals surface area contributed by atoms with Gasteiger partial charge in [0.2, 0.25) is 0 Å². The van der Waals surface area contributed by atoms with E-state index in [1.807, 2.05) is 150 Å². The van der Waals surface area contributed by atoms with Gasteiger partial charge in [0.25, 0.3) is 11.8 Å². The molecule has 0 saturated heterocycles. The van der Waals surface area contributed by atoms with E-state index in [1.54, 1.807) is 24.5 Å². The molecule has 6 heteroatoms. The molecule has 0 saturated carbocycles. The average molecular weight is 714 g/mol. The number of pyridine rings is 1. The van der Waals surface area contributed by atoms with Gasteiger partial charge in [-0.25, -0.2) is 4.90 Å². The van der Waals surface area contributed by atoms with Crippen molar-refractivity contribution >= 4 is 39.3 Å². The Labute approximate surface area is 317 Å². The molecule has 3 heterocycles. The van der Waals surface area contributed by atoms with Gasteiger partial charge in [0.1, 0.15) is 0 Å². The van der Waals surface area contributed by atoms with Crippen LogP contribution in [0.4, 0.5) is 5.69 Å². The fraction of sp³-hybridized carbons (Fsp3) is 0.255. The number of amides is 2. The molecule has 0 aliphatic carbocycles. The standard InChI is InChI=1S/C34H25N3O2.C4H8.C3H6.3C2H6.H2O/c1-20-18-21(2)32(22(3)19-20)37-33(38)26-10-7-13-29(31(26)34(37)39)36-27-11-5-4-8-25(27)30-24(9-6-12-28(30)36)23-14-16-35-17-15-23;1-3-4-2;1-3-2;3*1-2;/h4-19H,1-3H3;3-4H,1-2H3;3H,1H2,2H3;3*1-2H3;1H2/b;4-3-;;;;;. The molecule has 0 atom stereocenters. The molecular formula is C47H59N3O3. The minimum atomic E-state index is -0.295. The summed E-state index contributed by atoms with van der Waals surface area (Å²) < 4.78 is 2.12. The summed E-state index contributed by atoms with van der Waals surface area (Å²) in [6.07, 6.45) is 9.34. The van der Waals surface area contributed by atoms with Gasteiger partial charge in [0.15, 0.2) is 0 Å². The number of carbonyl (C=O) groups excluding carboxylic acids is 2. The number of carbonyl (C=O) groups is 2. The summed E-state index contributed by atoms with van der Waals surface area (Å²) in [5, 5.41) is 2.17. The van der Waals surface area contributed by atoms with Gasteiger partial charge in [-0.15, -0.1) is 6.58 Å². The van der Waals surface area contributed by atoms with Crippen molar-refractivity contribution < 1.29 is 15.1 Å². The smallest absolute Gasteiger partial charge is 0.268 e. The number of aromatic nitrogens is 2. The van der Waals surface area contributed by atoms with Crippen molar-refractivity contribution in [3.8, 4) is 16.8 Å². The van der Waals surface area contributed by atoms with Crippen LogP contribution < -0.4 is 4.90 Å².